The van der Waals surface area contributed by atoms with E-state index in [-0.39, 0.29) is 9.92 Å². The highest BCUT2D eigenvalue weighted by Crippen LogP contribution is 2.28. The summed E-state index contributed by atoms with van der Waals surface area (Å²) in [4.78, 5) is 2.31. The van der Waals surface area contributed by atoms with Gasteiger partial charge in [0.25, 0.3) is 0 Å². The van der Waals surface area contributed by atoms with Gasteiger partial charge in [-0.2, -0.15) is 4.31 Å². The minimum atomic E-state index is -3.55. The molecule has 0 radical (unpaired) electrons. The summed E-state index contributed by atoms with van der Waals surface area (Å²) in [6.07, 6.45) is 1.67. The van der Waals surface area contributed by atoms with Crippen molar-refractivity contribution in [1.29, 1.82) is 0 Å². The van der Waals surface area contributed by atoms with Crippen molar-refractivity contribution in [2.45, 2.75) is 30.3 Å². The topological polar surface area (TPSA) is 66.6 Å². The molecule has 2 N–H and O–H groups in total. The summed E-state index contributed by atoms with van der Waals surface area (Å²) in [6, 6.07) is 5.36. The summed E-state index contributed by atoms with van der Waals surface area (Å²) in [6.45, 7) is 1.34. The van der Waals surface area contributed by atoms with Crippen molar-refractivity contribution in [3.63, 3.8) is 0 Å². The first kappa shape index (κ1) is 16.7. The predicted octanol–water partition coefficient (Wildman–Crippen LogP) is 1.51. The molecule has 1 aromatic rings. The second-order valence-electron chi connectivity index (χ2n) is 5.57. The highest BCUT2D eigenvalue weighted by Gasteiger charge is 2.31. The Morgan fingerprint density at radius 1 is 1.33 bits per heavy atom. The van der Waals surface area contributed by atoms with Crippen LogP contribution in [-0.4, -0.2) is 50.8 Å². The minimum Gasteiger partial charge on any atom is -0.326 e. The van der Waals surface area contributed by atoms with Crippen LogP contribution in [-0.2, 0) is 16.6 Å². The highest BCUT2D eigenvalue weighted by atomic mass is 35.5. The summed E-state index contributed by atoms with van der Waals surface area (Å²) in [5.41, 5.74) is 6.35. The summed E-state index contributed by atoms with van der Waals surface area (Å²) >= 11 is 6.08. The Morgan fingerprint density at radius 3 is 2.48 bits per heavy atom. The van der Waals surface area contributed by atoms with Gasteiger partial charge in [-0.15, -0.1) is 0 Å². The minimum absolute atomic E-state index is 0.162. The van der Waals surface area contributed by atoms with Crippen LogP contribution in [0.4, 0.5) is 0 Å². The van der Waals surface area contributed by atoms with Crippen molar-refractivity contribution in [2.75, 3.05) is 27.2 Å². The fraction of sp³-hybridized carbons (Fsp3) is 0.571. The largest absolute Gasteiger partial charge is 0.326 e. The summed E-state index contributed by atoms with van der Waals surface area (Å²) in [5, 5.41) is 0.252. The third kappa shape index (κ3) is 3.57. The van der Waals surface area contributed by atoms with Gasteiger partial charge in [-0.05, 0) is 44.6 Å². The molecule has 1 fully saturated rings. The van der Waals surface area contributed by atoms with Gasteiger partial charge in [0, 0.05) is 25.7 Å². The molecule has 0 unspecified atom stereocenters. The van der Waals surface area contributed by atoms with E-state index in [0.29, 0.717) is 25.7 Å². The Labute approximate surface area is 131 Å². The maximum Gasteiger partial charge on any atom is 0.244 e. The Morgan fingerprint density at radius 2 is 1.95 bits per heavy atom. The van der Waals surface area contributed by atoms with Gasteiger partial charge in [0.15, 0.2) is 0 Å². The van der Waals surface area contributed by atoms with E-state index in [1.807, 2.05) is 14.1 Å². The van der Waals surface area contributed by atoms with Crippen LogP contribution in [0.15, 0.2) is 23.1 Å². The van der Waals surface area contributed by atoms with Gasteiger partial charge in [0.05, 0.1) is 5.02 Å². The molecule has 1 aromatic carbocycles. The van der Waals surface area contributed by atoms with E-state index in [2.05, 4.69) is 4.90 Å². The van der Waals surface area contributed by atoms with Crippen LogP contribution in [0, 0.1) is 0 Å². The fourth-order valence-corrected chi connectivity index (χ4v) is 4.60. The number of rotatable bonds is 4. The van der Waals surface area contributed by atoms with Crippen LogP contribution in [0.1, 0.15) is 18.4 Å². The molecule has 21 heavy (non-hydrogen) atoms. The molecule has 1 aliphatic rings. The maximum absolute atomic E-state index is 12.7. The van der Waals surface area contributed by atoms with Gasteiger partial charge in [-0.1, -0.05) is 17.7 Å². The van der Waals surface area contributed by atoms with Crippen molar-refractivity contribution in [3.8, 4) is 0 Å². The lowest BCUT2D eigenvalue weighted by atomic mass is 10.1. The molecule has 1 heterocycles. The number of sulfonamides is 1. The number of halogens is 1. The van der Waals surface area contributed by atoms with Gasteiger partial charge in [0.2, 0.25) is 10.0 Å². The van der Waals surface area contributed by atoms with E-state index in [9.17, 15) is 8.42 Å². The van der Waals surface area contributed by atoms with E-state index < -0.39 is 10.0 Å². The zero-order valence-corrected chi connectivity index (χ0v) is 14.0. The van der Waals surface area contributed by atoms with Crippen LogP contribution >= 0.6 is 11.6 Å². The number of nitrogens with two attached hydrogens (primary N) is 1. The normalized spacial score (nSPS) is 18.3. The van der Waals surface area contributed by atoms with Crippen LogP contribution in [0.2, 0.25) is 5.02 Å². The van der Waals surface area contributed by atoms with Crippen LogP contribution in [0.3, 0.4) is 0 Å². The van der Waals surface area contributed by atoms with E-state index >= 15 is 0 Å². The summed E-state index contributed by atoms with van der Waals surface area (Å²) in [7, 11) is 0.501. The number of nitrogens with zero attached hydrogens (tertiary/aromatic N) is 2. The molecular formula is C14H22ClN3O2S. The molecule has 0 bridgehead atoms. The van der Waals surface area contributed by atoms with Crippen molar-refractivity contribution in [2.24, 2.45) is 5.73 Å². The lowest BCUT2D eigenvalue weighted by molar-refractivity contribution is 0.196. The Bertz CT molecular complexity index is 596. The van der Waals surface area contributed by atoms with Crippen molar-refractivity contribution in [1.82, 2.24) is 9.21 Å². The zero-order chi connectivity index (χ0) is 15.6. The maximum atomic E-state index is 12.7. The van der Waals surface area contributed by atoms with Crippen LogP contribution in [0.5, 0.6) is 0 Å². The second kappa shape index (κ2) is 6.62. The molecule has 0 amide bonds. The van der Waals surface area contributed by atoms with Gasteiger partial charge in [-0.25, -0.2) is 8.42 Å². The van der Waals surface area contributed by atoms with Crippen molar-refractivity contribution >= 4 is 21.6 Å². The molecule has 1 aliphatic heterocycles. The van der Waals surface area contributed by atoms with Gasteiger partial charge >= 0.3 is 0 Å². The van der Waals surface area contributed by atoms with Crippen LogP contribution < -0.4 is 5.73 Å². The average molecular weight is 332 g/mol. The molecule has 0 spiro atoms. The van der Waals surface area contributed by atoms with E-state index in [1.165, 1.54) is 4.31 Å². The van der Waals surface area contributed by atoms with Gasteiger partial charge in [-0.3, -0.25) is 0 Å². The Kier molecular flexibility index (Phi) is 5.27. The molecule has 0 aromatic heterocycles. The molecule has 5 nitrogen and oxygen atoms in total. The fourth-order valence-electron chi connectivity index (χ4n) is 2.61. The van der Waals surface area contributed by atoms with Crippen LogP contribution in [0.25, 0.3) is 0 Å². The third-order valence-electron chi connectivity index (χ3n) is 4.00. The quantitative estimate of drug-likeness (QED) is 0.908. The predicted molar refractivity (Wildman–Crippen MR) is 84.8 cm³/mol. The Balaban J connectivity index is 2.23. The molecular weight excluding hydrogens is 310 g/mol. The monoisotopic (exact) mass is 331 g/mol. The number of hydrogen-bond acceptors (Lipinski definition) is 4. The summed E-state index contributed by atoms with van der Waals surface area (Å²) in [5.74, 6) is 0. The van der Waals surface area contributed by atoms with Crippen molar-refractivity contribution in [3.05, 3.63) is 28.8 Å². The van der Waals surface area contributed by atoms with Gasteiger partial charge in [0.1, 0.15) is 4.90 Å². The van der Waals surface area contributed by atoms with Crippen molar-refractivity contribution < 1.29 is 8.42 Å². The molecule has 0 aliphatic carbocycles. The first-order valence-corrected chi connectivity index (χ1v) is 8.83. The lowest BCUT2D eigenvalue weighted by Gasteiger charge is -2.34. The first-order chi connectivity index (χ1) is 9.86. The lowest BCUT2D eigenvalue weighted by Crippen LogP contribution is -2.44. The second-order valence-corrected chi connectivity index (χ2v) is 7.88. The SMILES string of the molecule is CN(C)C1CCN(S(=O)(=O)c2cc(CN)ccc2Cl)CC1. The number of piperidine rings is 1. The number of benzene rings is 1. The molecule has 0 saturated carbocycles. The summed E-state index contributed by atoms with van der Waals surface area (Å²) < 4.78 is 27.0. The molecule has 0 atom stereocenters. The third-order valence-corrected chi connectivity index (χ3v) is 6.38. The molecule has 1 saturated heterocycles. The zero-order valence-electron chi connectivity index (χ0n) is 12.4. The molecule has 118 valence electrons. The van der Waals surface area contributed by atoms with E-state index in [1.54, 1.807) is 18.2 Å². The Hall–Kier alpha value is -0.660. The standard InChI is InChI=1S/C14H22ClN3O2S/c1-17(2)12-5-7-18(8-6-12)21(19,20)14-9-11(10-16)3-4-13(14)15/h3-4,9,12H,5-8,10,16H2,1-2H3. The number of hydrogen-bond donors (Lipinski definition) is 1. The van der Waals surface area contributed by atoms with Gasteiger partial charge < -0.3 is 10.6 Å². The average Bonchev–Trinajstić information content (AvgIpc) is 2.47. The smallest absolute Gasteiger partial charge is 0.244 e. The van der Waals surface area contributed by atoms with E-state index in [4.69, 9.17) is 17.3 Å². The highest BCUT2D eigenvalue weighted by molar-refractivity contribution is 7.89. The first-order valence-electron chi connectivity index (χ1n) is 7.01. The van der Waals surface area contributed by atoms with E-state index in [0.717, 1.165) is 18.4 Å². The molecule has 7 heteroatoms. The molecule has 2 rings (SSSR count).